The highest BCUT2D eigenvalue weighted by molar-refractivity contribution is 5.81. The van der Waals surface area contributed by atoms with E-state index in [1.165, 1.54) is 0 Å². The standard InChI is InChI=1S/C14H19N3O2/c1-10-15-7-6-13(16-10)19-12-3-2-8-17(9-12)14(18)11-4-5-11/h6-7,11-12H,2-5,8-9H2,1H3. The molecule has 0 N–H and O–H groups in total. The summed E-state index contributed by atoms with van der Waals surface area (Å²) in [6.45, 7) is 3.41. The first-order chi connectivity index (χ1) is 9.22. The highest BCUT2D eigenvalue weighted by atomic mass is 16.5. The number of carbonyl (C=O) groups excluding carboxylic acids is 1. The number of rotatable bonds is 3. The van der Waals surface area contributed by atoms with Gasteiger partial charge in [-0.1, -0.05) is 0 Å². The third-order valence-electron chi connectivity index (χ3n) is 3.65. The monoisotopic (exact) mass is 261 g/mol. The van der Waals surface area contributed by atoms with Crippen molar-refractivity contribution in [2.24, 2.45) is 5.92 Å². The van der Waals surface area contributed by atoms with Gasteiger partial charge in [-0.15, -0.1) is 0 Å². The Morgan fingerprint density at radius 3 is 3.00 bits per heavy atom. The van der Waals surface area contributed by atoms with E-state index in [1.54, 1.807) is 12.3 Å². The average molecular weight is 261 g/mol. The molecule has 5 nitrogen and oxygen atoms in total. The van der Waals surface area contributed by atoms with Gasteiger partial charge in [0.25, 0.3) is 0 Å². The van der Waals surface area contributed by atoms with Crippen LogP contribution < -0.4 is 4.74 Å². The number of ether oxygens (including phenoxy) is 1. The lowest BCUT2D eigenvalue weighted by atomic mass is 10.1. The van der Waals surface area contributed by atoms with Crippen LogP contribution in [0.25, 0.3) is 0 Å². The minimum Gasteiger partial charge on any atom is -0.472 e. The first-order valence-electron chi connectivity index (χ1n) is 6.97. The molecule has 2 fully saturated rings. The minimum atomic E-state index is 0.0609. The smallest absolute Gasteiger partial charge is 0.225 e. The molecule has 0 spiro atoms. The van der Waals surface area contributed by atoms with E-state index in [1.807, 2.05) is 11.8 Å². The number of nitrogens with zero attached hydrogens (tertiary/aromatic N) is 3. The zero-order chi connectivity index (χ0) is 13.2. The zero-order valence-corrected chi connectivity index (χ0v) is 11.2. The number of hydrogen-bond donors (Lipinski definition) is 0. The molecule has 1 atom stereocenters. The highest BCUT2D eigenvalue weighted by Gasteiger charge is 2.35. The van der Waals surface area contributed by atoms with E-state index in [-0.39, 0.29) is 6.10 Å². The average Bonchev–Trinajstić information content (AvgIpc) is 3.22. The molecule has 1 amide bonds. The first kappa shape index (κ1) is 12.4. The van der Waals surface area contributed by atoms with E-state index in [0.29, 0.717) is 30.1 Å². The van der Waals surface area contributed by atoms with Gasteiger partial charge in [0, 0.05) is 24.7 Å². The summed E-state index contributed by atoms with van der Waals surface area (Å²) in [6, 6.07) is 1.77. The predicted octanol–water partition coefficient (Wildman–Crippen LogP) is 1.56. The van der Waals surface area contributed by atoms with Crippen LogP contribution in [0.1, 0.15) is 31.5 Å². The third kappa shape index (κ3) is 3.03. The topological polar surface area (TPSA) is 55.3 Å². The van der Waals surface area contributed by atoms with Crippen molar-refractivity contribution < 1.29 is 9.53 Å². The van der Waals surface area contributed by atoms with Gasteiger partial charge in [-0.3, -0.25) is 4.79 Å². The first-order valence-corrected chi connectivity index (χ1v) is 6.97. The van der Waals surface area contributed by atoms with E-state index in [4.69, 9.17) is 4.74 Å². The molecule has 1 unspecified atom stereocenters. The second-order valence-corrected chi connectivity index (χ2v) is 5.38. The van der Waals surface area contributed by atoms with Crippen molar-refractivity contribution in [2.75, 3.05) is 13.1 Å². The second kappa shape index (κ2) is 5.15. The minimum absolute atomic E-state index is 0.0609. The fourth-order valence-corrected chi connectivity index (χ4v) is 2.49. The van der Waals surface area contributed by atoms with Gasteiger partial charge in [-0.25, -0.2) is 4.98 Å². The van der Waals surface area contributed by atoms with E-state index >= 15 is 0 Å². The van der Waals surface area contributed by atoms with Crippen LogP contribution in [-0.4, -0.2) is 40.0 Å². The van der Waals surface area contributed by atoms with Crippen molar-refractivity contribution in [3.05, 3.63) is 18.1 Å². The molecular weight excluding hydrogens is 242 g/mol. The van der Waals surface area contributed by atoms with Gasteiger partial charge in [0.15, 0.2) is 0 Å². The normalized spacial score (nSPS) is 23.2. The summed E-state index contributed by atoms with van der Waals surface area (Å²) in [5, 5.41) is 0. The van der Waals surface area contributed by atoms with Gasteiger partial charge in [0.1, 0.15) is 11.9 Å². The molecule has 0 bridgehead atoms. The molecule has 1 saturated carbocycles. The van der Waals surface area contributed by atoms with Gasteiger partial charge in [-0.2, -0.15) is 4.98 Å². The summed E-state index contributed by atoms with van der Waals surface area (Å²) in [5.41, 5.74) is 0. The number of carbonyl (C=O) groups is 1. The number of piperidine rings is 1. The van der Waals surface area contributed by atoms with Crippen LogP contribution in [0.4, 0.5) is 0 Å². The van der Waals surface area contributed by atoms with Gasteiger partial charge in [-0.05, 0) is 32.6 Å². The van der Waals surface area contributed by atoms with E-state index in [9.17, 15) is 4.79 Å². The fraction of sp³-hybridized carbons (Fsp3) is 0.643. The Bertz CT molecular complexity index is 474. The van der Waals surface area contributed by atoms with Crippen molar-refractivity contribution in [2.45, 2.75) is 38.7 Å². The molecule has 0 aromatic carbocycles. The number of aryl methyl sites for hydroxylation is 1. The van der Waals surface area contributed by atoms with Gasteiger partial charge in [0.2, 0.25) is 11.8 Å². The molecule has 0 radical (unpaired) electrons. The summed E-state index contributed by atoms with van der Waals surface area (Å²) >= 11 is 0. The van der Waals surface area contributed by atoms with E-state index < -0.39 is 0 Å². The Hall–Kier alpha value is -1.65. The Labute approximate surface area is 113 Å². The van der Waals surface area contributed by atoms with Crippen LogP contribution in [0.3, 0.4) is 0 Å². The molecule has 2 heterocycles. The van der Waals surface area contributed by atoms with Crippen LogP contribution in [-0.2, 0) is 4.79 Å². The second-order valence-electron chi connectivity index (χ2n) is 5.38. The quantitative estimate of drug-likeness (QED) is 0.828. The lowest BCUT2D eigenvalue weighted by molar-refractivity contribution is -0.135. The largest absolute Gasteiger partial charge is 0.472 e. The summed E-state index contributed by atoms with van der Waals surface area (Å²) in [5.74, 6) is 1.92. The van der Waals surface area contributed by atoms with Crippen molar-refractivity contribution in [1.29, 1.82) is 0 Å². The molecule has 1 aromatic heterocycles. The SMILES string of the molecule is Cc1nccc(OC2CCCN(C(=O)C3CC3)C2)n1. The summed E-state index contributed by atoms with van der Waals surface area (Å²) in [4.78, 5) is 22.3. The third-order valence-corrected chi connectivity index (χ3v) is 3.65. The van der Waals surface area contributed by atoms with Crippen molar-refractivity contribution in [1.82, 2.24) is 14.9 Å². The van der Waals surface area contributed by atoms with Gasteiger partial charge >= 0.3 is 0 Å². The molecular formula is C14H19N3O2. The molecule has 5 heteroatoms. The predicted molar refractivity (Wildman–Crippen MR) is 69.7 cm³/mol. The lowest BCUT2D eigenvalue weighted by Gasteiger charge is -2.32. The Balaban J connectivity index is 1.60. The number of amides is 1. The summed E-state index contributed by atoms with van der Waals surface area (Å²) in [7, 11) is 0. The maximum absolute atomic E-state index is 12.1. The number of likely N-dealkylation sites (tertiary alicyclic amines) is 1. The van der Waals surface area contributed by atoms with Crippen LogP contribution in [0.15, 0.2) is 12.3 Å². The number of hydrogen-bond acceptors (Lipinski definition) is 4. The van der Waals surface area contributed by atoms with Crippen LogP contribution >= 0.6 is 0 Å². The molecule has 1 aromatic rings. The van der Waals surface area contributed by atoms with Crippen LogP contribution in [0.5, 0.6) is 5.88 Å². The van der Waals surface area contributed by atoms with E-state index in [2.05, 4.69) is 9.97 Å². The Kier molecular flexibility index (Phi) is 3.36. The van der Waals surface area contributed by atoms with Gasteiger partial charge in [0.05, 0.1) is 6.54 Å². The highest BCUT2D eigenvalue weighted by Crippen LogP contribution is 2.32. The van der Waals surface area contributed by atoms with Crippen LogP contribution in [0, 0.1) is 12.8 Å². The molecule has 102 valence electrons. The van der Waals surface area contributed by atoms with Crippen molar-refractivity contribution in [3.63, 3.8) is 0 Å². The number of aromatic nitrogens is 2. The maximum atomic E-state index is 12.1. The van der Waals surface area contributed by atoms with Crippen LogP contribution in [0.2, 0.25) is 0 Å². The van der Waals surface area contributed by atoms with Crippen molar-refractivity contribution in [3.8, 4) is 5.88 Å². The summed E-state index contributed by atoms with van der Waals surface area (Å²) in [6.07, 6.45) is 5.88. The van der Waals surface area contributed by atoms with E-state index in [0.717, 1.165) is 32.2 Å². The molecule has 2 aliphatic rings. The zero-order valence-electron chi connectivity index (χ0n) is 11.2. The van der Waals surface area contributed by atoms with Crippen molar-refractivity contribution >= 4 is 5.91 Å². The summed E-state index contributed by atoms with van der Waals surface area (Å²) < 4.78 is 5.87. The maximum Gasteiger partial charge on any atom is 0.225 e. The lowest BCUT2D eigenvalue weighted by Crippen LogP contribution is -2.45. The Morgan fingerprint density at radius 2 is 2.26 bits per heavy atom. The Morgan fingerprint density at radius 1 is 1.42 bits per heavy atom. The molecule has 1 saturated heterocycles. The molecule has 3 rings (SSSR count). The fourth-order valence-electron chi connectivity index (χ4n) is 2.49. The molecule has 1 aliphatic carbocycles. The molecule has 1 aliphatic heterocycles. The van der Waals surface area contributed by atoms with Gasteiger partial charge < -0.3 is 9.64 Å². The molecule has 19 heavy (non-hydrogen) atoms.